The molecule has 0 spiro atoms. The first kappa shape index (κ1) is 22.5. The quantitative estimate of drug-likeness (QED) is 0.351. The number of nitrogens with one attached hydrogen (secondary N) is 3. The molecule has 9 heteroatoms. The number of carbonyl (C=O) groups excluding carboxylic acids is 3. The third-order valence-electron chi connectivity index (χ3n) is 4.30. The first-order chi connectivity index (χ1) is 15.5. The van der Waals surface area contributed by atoms with E-state index in [-0.39, 0.29) is 31.2 Å². The lowest BCUT2D eigenvalue weighted by molar-refractivity contribution is -0.121. The molecule has 0 unspecified atom stereocenters. The lowest BCUT2D eigenvalue weighted by atomic mass is 10.2. The number of ether oxygens (including phenoxy) is 1. The number of furan rings is 1. The van der Waals surface area contributed by atoms with Crippen LogP contribution in [0.15, 0.2) is 71.1 Å². The van der Waals surface area contributed by atoms with Crippen LogP contribution in [0.4, 0.5) is 4.39 Å². The van der Waals surface area contributed by atoms with E-state index in [2.05, 4.69) is 16.2 Å². The van der Waals surface area contributed by atoms with Gasteiger partial charge in [0, 0.05) is 18.5 Å². The number of rotatable bonds is 9. The van der Waals surface area contributed by atoms with E-state index in [0.29, 0.717) is 23.5 Å². The summed E-state index contributed by atoms with van der Waals surface area (Å²) in [6, 6.07) is 17.4. The molecule has 3 aromatic rings. The summed E-state index contributed by atoms with van der Waals surface area (Å²) in [6.07, 6.45) is 0.439. The second-order valence-corrected chi connectivity index (χ2v) is 6.74. The number of para-hydroxylation sites is 1. The molecule has 0 saturated heterocycles. The molecular weight excluding hydrogens is 417 g/mol. The largest absolute Gasteiger partial charge is 0.486 e. The van der Waals surface area contributed by atoms with Crippen molar-refractivity contribution in [1.82, 2.24) is 16.2 Å². The molecule has 0 fully saturated rings. The zero-order valence-electron chi connectivity index (χ0n) is 17.1. The third kappa shape index (κ3) is 6.98. The Morgan fingerprint density at radius 1 is 0.875 bits per heavy atom. The fraction of sp³-hybridized carbons (Fsp3) is 0.174. The van der Waals surface area contributed by atoms with E-state index in [0.717, 1.165) is 0 Å². The lowest BCUT2D eigenvalue weighted by Gasteiger charge is -2.07. The minimum absolute atomic E-state index is 0.0310. The van der Waals surface area contributed by atoms with Crippen molar-refractivity contribution in [2.24, 2.45) is 0 Å². The van der Waals surface area contributed by atoms with E-state index >= 15 is 0 Å². The fourth-order valence-electron chi connectivity index (χ4n) is 2.65. The minimum Gasteiger partial charge on any atom is -0.486 e. The van der Waals surface area contributed by atoms with Gasteiger partial charge in [-0.15, -0.1) is 0 Å². The van der Waals surface area contributed by atoms with E-state index in [1.165, 1.54) is 30.3 Å². The van der Waals surface area contributed by atoms with Crippen LogP contribution in [0.5, 0.6) is 5.75 Å². The summed E-state index contributed by atoms with van der Waals surface area (Å²) in [4.78, 5) is 35.8. The van der Waals surface area contributed by atoms with Crippen LogP contribution in [0.25, 0.3) is 0 Å². The summed E-state index contributed by atoms with van der Waals surface area (Å²) in [5.74, 6) is -0.639. The average Bonchev–Trinajstić information content (AvgIpc) is 3.29. The van der Waals surface area contributed by atoms with Gasteiger partial charge in [0.2, 0.25) is 5.91 Å². The highest BCUT2D eigenvalue weighted by Crippen LogP contribution is 2.13. The molecule has 32 heavy (non-hydrogen) atoms. The highest BCUT2D eigenvalue weighted by Gasteiger charge is 2.13. The Labute approximate surface area is 183 Å². The summed E-state index contributed by atoms with van der Waals surface area (Å²) >= 11 is 0. The smallest absolute Gasteiger partial charge is 0.305 e. The zero-order chi connectivity index (χ0) is 22.8. The molecule has 0 aliphatic carbocycles. The van der Waals surface area contributed by atoms with Gasteiger partial charge in [-0.25, -0.2) is 4.39 Å². The van der Waals surface area contributed by atoms with Crippen molar-refractivity contribution in [3.8, 4) is 5.75 Å². The second kappa shape index (κ2) is 11.3. The molecule has 3 amide bonds. The van der Waals surface area contributed by atoms with Crippen LogP contribution >= 0.6 is 0 Å². The molecule has 0 bridgehead atoms. The number of hydrogen-bond acceptors (Lipinski definition) is 5. The van der Waals surface area contributed by atoms with Gasteiger partial charge < -0.3 is 14.5 Å². The summed E-state index contributed by atoms with van der Waals surface area (Å²) < 4.78 is 23.8. The average molecular weight is 439 g/mol. The Kier molecular flexibility index (Phi) is 7.96. The van der Waals surface area contributed by atoms with Gasteiger partial charge >= 0.3 is 5.91 Å². The molecule has 1 aromatic heterocycles. The monoisotopic (exact) mass is 439 g/mol. The standard InChI is InChI=1S/C23H22FN3O5/c24-17-10-8-16(9-11-17)22(29)25-14-4-7-21(28)26-27-23(30)20-13-12-19(32-20)15-31-18-5-2-1-3-6-18/h1-3,5-6,8-13H,4,7,14-15H2,(H,25,29)(H,26,28)(H,27,30). The molecule has 0 saturated carbocycles. The molecule has 1 heterocycles. The van der Waals surface area contributed by atoms with Gasteiger partial charge in [0.15, 0.2) is 5.76 Å². The summed E-state index contributed by atoms with van der Waals surface area (Å²) in [7, 11) is 0. The first-order valence-corrected chi connectivity index (χ1v) is 9.91. The molecule has 3 N–H and O–H groups in total. The molecule has 0 atom stereocenters. The predicted molar refractivity (Wildman–Crippen MR) is 113 cm³/mol. The molecule has 2 aromatic carbocycles. The molecule has 3 rings (SSSR count). The Morgan fingerprint density at radius 2 is 1.62 bits per heavy atom. The Hall–Kier alpha value is -4.14. The van der Waals surface area contributed by atoms with E-state index in [1.807, 2.05) is 18.2 Å². The van der Waals surface area contributed by atoms with Crippen LogP contribution in [-0.4, -0.2) is 24.3 Å². The highest BCUT2D eigenvalue weighted by atomic mass is 19.1. The Morgan fingerprint density at radius 3 is 2.38 bits per heavy atom. The van der Waals surface area contributed by atoms with E-state index < -0.39 is 17.6 Å². The number of hydrogen-bond donors (Lipinski definition) is 3. The highest BCUT2D eigenvalue weighted by molar-refractivity contribution is 5.94. The number of halogens is 1. The van der Waals surface area contributed by atoms with Crippen molar-refractivity contribution in [3.63, 3.8) is 0 Å². The number of hydrazine groups is 1. The van der Waals surface area contributed by atoms with Crippen molar-refractivity contribution < 1.29 is 27.9 Å². The summed E-state index contributed by atoms with van der Waals surface area (Å²) in [6.45, 7) is 0.411. The van der Waals surface area contributed by atoms with Crippen molar-refractivity contribution in [2.45, 2.75) is 19.4 Å². The predicted octanol–water partition coefficient (Wildman–Crippen LogP) is 2.97. The normalized spacial score (nSPS) is 10.3. The van der Waals surface area contributed by atoms with Crippen molar-refractivity contribution >= 4 is 17.7 Å². The third-order valence-corrected chi connectivity index (χ3v) is 4.30. The van der Waals surface area contributed by atoms with Gasteiger partial charge in [0.05, 0.1) is 0 Å². The van der Waals surface area contributed by atoms with Crippen LogP contribution in [0.3, 0.4) is 0 Å². The topological polar surface area (TPSA) is 110 Å². The Balaban J connectivity index is 1.32. The van der Waals surface area contributed by atoms with E-state index in [1.54, 1.807) is 18.2 Å². The van der Waals surface area contributed by atoms with Gasteiger partial charge in [-0.2, -0.15) is 0 Å². The maximum atomic E-state index is 12.9. The van der Waals surface area contributed by atoms with Crippen molar-refractivity contribution in [3.05, 3.63) is 89.6 Å². The first-order valence-electron chi connectivity index (χ1n) is 9.91. The van der Waals surface area contributed by atoms with Gasteiger partial charge in [0.25, 0.3) is 5.91 Å². The SMILES string of the molecule is O=C(CCCNC(=O)c1ccc(F)cc1)NNC(=O)c1ccc(COc2ccccc2)o1. The van der Waals surface area contributed by atoms with Crippen LogP contribution < -0.4 is 20.9 Å². The van der Waals surface area contributed by atoms with Crippen LogP contribution in [-0.2, 0) is 11.4 Å². The minimum atomic E-state index is -0.603. The second-order valence-electron chi connectivity index (χ2n) is 6.74. The molecule has 0 radical (unpaired) electrons. The van der Waals surface area contributed by atoms with Crippen LogP contribution in [0.2, 0.25) is 0 Å². The number of carbonyl (C=O) groups is 3. The molecule has 0 aliphatic heterocycles. The van der Waals surface area contributed by atoms with E-state index in [4.69, 9.17) is 9.15 Å². The summed E-state index contributed by atoms with van der Waals surface area (Å²) in [5, 5.41) is 2.64. The van der Waals surface area contributed by atoms with Crippen molar-refractivity contribution in [1.29, 1.82) is 0 Å². The molecular formula is C23H22FN3O5. The summed E-state index contributed by atoms with van der Waals surface area (Å²) in [5.41, 5.74) is 4.89. The van der Waals surface area contributed by atoms with Crippen molar-refractivity contribution in [2.75, 3.05) is 6.54 Å². The van der Waals surface area contributed by atoms with Crippen LogP contribution in [0, 0.1) is 5.82 Å². The van der Waals surface area contributed by atoms with Gasteiger partial charge in [-0.1, -0.05) is 18.2 Å². The maximum absolute atomic E-state index is 12.9. The van der Waals surface area contributed by atoms with Gasteiger partial charge in [-0.3, -0.25) is 25.2 Å². The maximum Gasteiger partial charge on any atom is 0.305 e. The molecule has 0 aliphatic rings. The molecule has 8 nitrogen and oxygen atoms in total. The van der Waals surface area contributed by atoms with Gasteiger partial charge in [0.1, 0.15) is 23.9 Å². The van der Waals surface area contributed by atoms with Crippen LogP contribution in [0.1, 0.15) is 39.5 Å². The zero-order valence-corrected chi connectivity index (χ0v) is 17.1. The van der Waals surface area contributed by atoms with Gasteiger partial charge in [-0.05, 0) is 55.0 Å². The lowest BCUT2D eigenvalue weighted by Crippen LogP contribution is -2.41. The number of benzene rings is 2. The molecule has 166 valence electrons. The van der Waals surface area contributed by atoms with E-state index in [9.17, 15) is 18.8 Å². The number of amides is 3. The fourth-order valence-corrected chi connectivity index (χ4v) is 2.65. The Bertz CT molecular complexity index is 1050.